The van der Waals surface area contributed by atoms with E-state index in [9.17, 15) is 18.0 Å². The van der Waals surface area contributed by atoms with E-state index in [0.717, 1.165) is 43.1 Å². The molecule has 228 valence electrons. The van der Waals surface area contributed by atoms with E-state index in [-0.39, 0.29) is 50.6 Å². The minimum Gasteiger partial charge on any atom is -0.454 e. The average molecular weight is 606 g/mol. The molecule has 2 aliphatic rings. The van der Waals surface area contributed by atoms with Crippen molar-refractivity contribution >= 4 is 27.5 Å². The number of rotatable bonds is 13. The number of ether oxygens (including phenoxy) is 2. The molecule has 3 aromatic rings. The lowest BCUT2D eigenvalue weighted by Crippen LogP contribution is -2.52. The van der Waals surface area contributed by atoms with Crippen molar-refractivity contribution in [1.82, 2.24) is 10.2 Å². The van der Waals surface area contributed by atoms with E-state index in [0.29, 0.717) is 23.6 Å². The molecule has 1 heterocycles. The van der Waals surface area contributed by atoms with Gasteiger partial charge in [-0.25, -0.2) is 8.42 Å². The quantitative estimate of drug-likeness (QED) is 0.304. The van der Waals surface area contributed by atoms with Gasteiger partial charge in [0.25, 0.3) is 0 Å². The number of amides is 2. The van der Waals surface area contributed by atoms with Crippen LogP contribution in [0.4, 0.5) is 5.69 Å². The third-order valence-corrected chi connectivity index (χ3v) is 9.16. The number of benzene rings is 3. The van der Waals surface area contributed by atoms with Gasteiger partial charge in [0.05, 0.1) is 11.9 Å². The largest absolute Gasteiger partial charge is 0.454 e. The van der Waals surface area contributed by atoms with Crippen LogP contribution in [0.2, 0.25) is 0 Å². The van der Waals surface area contributed by atoms with Crippen molar-refractivity contribution in [2.75, 3.05) is 23.9 Å². The molecule has 1 N–H and O–H groups in total. The van der Waals surface area contributed by atoms with E-state index in [4.69, 9.17) is 9.47 Å². The summed E-state index contributed by atoms with van der Waals surface area (Å²) in [5, 5.41) is 3.21. The summed E-state index contributed by atoms with van der Waals surface area (Å²) in [6.45, 7) is 0.454. The fourth-order valence-electron chi connectivity index (χ4n) is 5.75. The lowest BCUT2D eigenvalue weighted by Gasteiger charge is -2.33. The molecular weight excluding hydrogens is 566 g/mol. The van der Waals surface area contributed by atoms with Gasteiger partial charge in [-0.1, -0.05) is 73.5 Å². The maximum absolute atomic E-state index is 14.0. The molecular formula is C33H39N3O6S. The first kappa shape index (κ1) is 30.4. The van der Waals surface area contributed by atoms with Crippen molar-refractivity contribution in [2.45, 2.75) is 63.6 Å². The zero-order chi connectivity index (χ0) is 30.2. The molecule has 1 aliphatic heterocycles. The van der Waals surface area contributed by atoms with Crippen LogP contribution in [0.1, 0.15) is 49.7 Å². The smallest absolute Gasteiger partial charge is 0.243 e. The summed E-state index contributed by atoms with van der Waals surface area (Å²) in [6, 6.07) is 23.7. The molecule has 0 saturated heterocycles. The maximum Gasteiger partial charge on any atom is 0.243 e. The maximum atomic E-state index is 14.0. The predicted molar refractivity (Wildman–Crippen MR) is 165 cm³/mol. The van der Waals surface area contributed by atoms with Crippen molar-refractivity contribution in [1.29, 1.82) is 0 Å². The van der Waals surface area contributed by atoms with E-state index in [1.54, 1.807) is 23.1 Å². The van der Waals surface area contributed by atoms with E-state index < -0.39 is 16.1 Å². The Morgan fingerprint density at radius 3 is 2.23 bits per heavy atom. The van der Waals surface area contributed by atoms with E-state index in [1.807, 2.05) is 60.7 Å². The first-order chi connectivity index (χ1) is 20.8. The van der Waals surface area contributed by atoms with Crippen LogP contribution in [0.5, 0.6) is 11.5 Å². The Kier molecular flexibility index (Phi) is 9.86. The molecule has 1 aliphatic carbocycles. The first-order valence-electron chi connectivity index (χ1n) is 14.8. The van der Waals surface area contributed by atoms with Crippen LogP contribution < -0.4 is 19.1 Å². The molecule has 0 bridgehead atoms. The van der Waals surface area contributed by atoms with Gasteiger partial charge in [-0.2, -0.15) is 0 Å². The van der Waals surface area contributed by atoms with Crippen molar-refractivity contribution in [2.24, 2.45) is 0 Å². The lowest BCUT2D eigenvalue weighted by molar-refractivity contribution is -0.141. The SMILES string of the molecule is CS(=O)(=O)N(CCCC(=O)N(Cc1ccccc1)[C@H](Cc1ccccc1)C(=O)NC1CCCC1)c1ccc2c(c1)OCO2. The van der Waals surface area contributed by atoms with Crippen LogP contribution in [-0.2, 0) is 32.6 Å². The van der Waals surface area contributed by atoms with Crippen LogP contribution in [0.3, 0.4) is 0 Å². The standard InChI is InChI=1S/C33H39N3O6S/c1-43(39,40)36(28-18-19-30-31(22-28)42-24-41-30)20-10-17-32(37)35(23-26-13-6-3-7-14-26)29(21-25-11-4-2-5-12-25)33(38)34-27-15-8-9-16-27/h2-7,11-14,18-19,22,27,29H,8-10,15-17,20-21,23-24H2,1H3,(H,34,38)/t29-/m1/s1. The second-order valence-electron chi connectivity index (χ2n) is 11.2. The number of hydrogen-bond acceptors (Lipinski definition) is 6. The molecule has 0 aromatic heterocycles. The number of carbonyl (C=O) groups excluding carboxylic acids is 2. The number of anilines is 1. The summed E-state index contributed by atoms with van der Waals surface area (Å²) in [7, 11) is -3.64. The first-order valence-corrected chi connectivity index (χ1v) is 16.7. The van der Waals surface area contributed by atoms with Gasteiger partial charge in [0.15, 0.2) is 11.5 Å². The molecule has 1 atom stereocenters. The number of nitrogens with one attached hydrogen (secondary N) is 1. The second-order valence-corrected chi connectivity index (χ2v) is 13.1. The Bertz CT molecular complexity index is 1490. The molecule has 0 radical (unpaired) electrons. The second kappa shape index (κ2) is 13.9. The highest BCUT2D eigenvalue weighted by atomic mass is 32.2. The fraction of sp³-hybridized carbons (Fsp3) is 0.394. The molecule has 43 heavy (non-hydrogen) atoms. The van der Waals surface area contributed by atoms with Crippen LogP contribution in [0.15, 0.2) is 78.9 Å². The molecule has 3 aromatic carbocycles. The highest BCUT2D eigenvalue weighted by Crippen LogP contribution is 2.36. The molecule has 10 heteroatoms. The van der Waals surface area contributed by atoms with Gasteiger partial charge < -0.3 is 19.7 Å². The highest BCUT2D eigenvalue weighted by Gasteiger charge is 2.32. The summed E-state index contributed by atoms with van der Waals surface area (Å²) in [6.07, 6.45) is 5.92. The molecule has 0 unspecified atom stereocenters. The summed E-state index contributed by atoms with van der Waals surface area (Å²) in [4.78, 5) is 29.5. The molecule has 1 saturated carbocycles. The minimum absolute atomic E-state index is 0.0748. The Hall–Kier alpha value is -4.05. The van der Waals surface area contributed by atoms with Crippen molar-refractivity contribution in [3.8, 4) is 11.5 Å². The number of nitrogens with zero attached hydrogens (tertiary/aromatic N) is 2. The van der Waals surface area contributed by atoms with Gasteiger partial charge in [-0.3, -0.25) is 13.9 Å². The van der Waals surface area contributed by atoms with E-state index >= 15 is 0 Å². The molecule has 0 spiro atoms. The number of sulfonamides is 1. The Morgan fingerprint density at radius 1 is 0.907 bits per heavy atom. The third-order valence-electron chi connectivity index (χ3n) is 7.96. The van der Waals surface area contributed by atoms with Gasteiger partial charge in [0.2, 0.25) is 28.6 Å². The minimum atomic E-state index is -3.64. The number of fused-ring (bicyclic) bond motifs is 1. The lowest BCUT2D eigenvalue weighted by atomic mass is 10.0. The number of hydrogen-bond donors (Lipinski definition) is 1. The number of carbonyl (C=O) groups is 2. The zero-order valence-corrected chi connectivity index (χ0v) is 25.3. The van der Waals surface area contributed by atoms with Crippen LogP contribution in [-0.4, -0.2) is 56.8 Å². The summed E-state index contributed by atoms with van der Waals surface area (Å²) in [5.74, 6) is 0.682. The Labute approximate surface area is 253 Å². The molecule has 2 amide bonds. The summed E-state index contributed by atoms with van der Waals surface area (Å²) < 4.78 is 37.6. The van der Waals surface area contributed by atoms with Gasteiger partial charge >= 0.3 is 0 Å². The average Bonchev–Trinajstić information content (AvgIpc) is 3.69. The van der Waals surface area contributed by atoms with E-state index in [2.05, 4.69) is 5.32 Å². The van der Waals surface area contributed by atoms with Crippen LogP contribution in [0.25, 0.3) is 0 Å². The molecule has 1 fully saturated rings. The van der Waals surface area contributed by atoms with Crippen molar-refractivity contribution < 1.29 is 27.5 Å². The van der Waals surface area contributed by atoms with E-state index in [1.165, 1.54) is 4.31 Å². The zero-order valence-electron chi connectivity index (χ0n) is 24.5. The third kappa shape index (κ3) is 8.07. The Morgan fingerprint density at radius 2 is 1.56 bits per heavy atom. The monoisotopic (exact) mass is 605 g/mol. The summed E-state index contributed by atoms with van der Waals surface area (Å²) >= 11 is 0. The van der Waals surface area contributed by atoms with Crippen molar-refractivity contribution in [3.63, 3.8) is 0 Å². The van der Waals surface area contributed by atoms with Crippen molar-refractivity contribution in [3.05, 3.63) is 90.0 Å². The van der Waals surface area contributed by atoms with Crippen LogP contribution in [0, 0.1) is 0 Å². The Balaban J connectivity index is 1.36. The molecule has 9 nitrogen and oxygen atoms in total. The van der Waals surface area contributed by atoms with Gasteiger partial charge in [-0.05, 0) is 42.5 Å². The summed E-state index contributed by atoms with van der Waals surface area (Å²) in [5.41, 5.74) is 2.32. The van der Waals surface area contributed by atoms with Gasteiger partial charge in [-0.15, -0.1) is 0 Å². The normalized spacial score (nSPS) is 15.2. The predicted octanol–water partition coefficient (Wildman–Crippen LogP) is 4.66. The molecule has 5 rings (SSSR count). The fourth-order valence-corrected chi connectivity index (χ4v) is 6.70. The topological polar surface area (TPSA) is 105 Å². The van der Waals surface area contributed by atoms with Gasteiger partial charge in [0.1, 0.15) is 6.04 Å². The van der Waals surface area contributed by atoms with Crippen LogP contribution >= 0.6 is 0 Å². The highest BCUT2D eigenvalue weighted by molar-refractivity contribution is 7.92. The van der Waals surface area contributed by atoms with Gasteiger partial charge in [0, 0.05) is 38.0 Å².